The molecule has 0 radical (unpaired) electrons. The van der Waals surface area contributed by atoms with Crippen molar-refractivity contribution >= 4 is 5.91 Å². The molecule has 4 rings (SSSR count). The second-order valence-electron chi connectivity index (χ2n) is 7.17. The number of nitrogens with one attached hydrogen (secondary N) is 1. The minimum absolute atomic E-state index is 0.0705. The van der Waals surface area contributed by atoms with E-state index in [0.29, 0.717) is 31.5 Å². The first-order valence-electron chi connectivity index (χ1n) is 9.80. The molecule has 1 aromatic heterocycles. The molecule has 0 bridgehead atoms. The Kier molecular flexibility index (Phi) is 5.92. The molecule has 1 amide bonds. The molecular formula is C22H19F4N3O2. The number of amides is 1. The Morgan fingerprint density at radius 1 is 1.10 bits per heavy atom. The molecule has 1 aliphatic carbocycles. The lowest BCUT2D eigenvalue weighted by molar-refractivity contribution is -0.0498. The molecule has 0 fully saturated rings. The fourth-order valence-electron chi connectivity index (χ4n) is 3.69. The minimum Gasteiger partial charge on any atom is -0.435 e. The second-order valence-corrected chi connectivity index (χ2v) is 7.17. The third-order valence-electron chi connectivity index (χ3n) is 5.14. The SMILES string of the molecule is O=C(NCCc1ccc(OC(F)F)cc1)c1nn(-c2ccc(F)c(F)c2)c2c1CCC2. The van der Waals surface area contributed by atoms with Crippen LogP contribution in [0.5, 0.6) is 5.75 Å². The molecule has 9 heteroatoms. The van der Waals surface area contributed by atoms with E-state index in [4.69, 9.17) is 0 Å². The van der Waals surface area contributed by atoms with Crippen molar-refractivity contribution < 1.29 is 27.1 Å². The molecule has 3 aromatic rings. The van der Waals surface area contributed by atoms with Crippen LogP contribution in [0.1, 0.15) is 33.7 Å². The van der Waals surface area contributed by atoms with Crippen molar-refractivity contribution in [2.45, 2.75) is 32.3 Å². The smallest absolute Gasteiger partial charge is 0.387 e. The number of carbonyl (C=O) groups is 1. The number of aromatic nitrogens is 2. The van der Waals surface area contributed by atoms with Gasteiger partial charge in [0.1, 0.15) is 5.75 Å². The number of ether oxygens (including phenoxy) is 1. The maximum absolute atomic E-state index is 13.7. The second kappa shape index (κ2) is 8.79. The Bertz CT molecular complexity index is 1100. The van der Waals surface area contributed by atoms with Gasteiger partial charge in [0.05, 0.1) is 5.69 Å². The van der Waals surface area contributed by atoms with Crippen molar-refractivity contribution in [3.8, 4) is 11.4 Å². The average molecular weight is 433 g/mol. The highest BCUT2D eigenvalue weighted by Crippen LogP contribution is 2.28. The molecule has 5 nitrogen and oxygen atoms in total. The Balaban J connectivity index is 1.44. The number of alkyl halides is 2. The van der Waals surface area contributed by atoms with Crippen molar-refractivity contribution in [3.05, 3.63) is 76.6 Å². The average Bonchev–Trinajstić information content (AvgIpc) is 3.34. The lowest BCUT2D eigenvalue weighted by atomic mass is 10.1. The Morgan fingerprint density at radius 2 is 1.87 bits per heavy atom. The maximum Gasteiger partial charge on any atom is 0.387 e. The number of rotatable bonds is 7. The molecule has 1 heterocycles. The first-order valence-corrected chi connectivity index (χ1v) is 9.80. The molecule has 1 N–H and O–H groups in total. The molecule has 0 atom stereocenters. The minimum atomic E-state index is -2.88. The van der Waals surface area contributed by atoms with Crippen LogP contribution in [0.4, 0.5) is 17.6 Å². The number of hydrogen-bond acceptors (Lipinski definition) is 3. The molecule has 0 unspecified atom stereocenters. The van der Waals surface area contributed by atoms with Crippen LogP contribution in [-0.4, -0.2) is 28.8 Å². The summed E-state index contributed by atoms with van der Waals surface area (Å²) in [6.45, 7) is -2.56. The molecule has 0 spiro atoms. The van der Waals surface area contributed by atoms with Gasteiger partial charge in [0.15, 0.2) is 17.3 Å². The van der Waals surface area contributed by atoms with E-state index < -0.39 is 18.2 Å². The van der Waals surface area contributed by atoms with Crippen LogP contribution in [0, 0.1) is 11.6 Å². The number of nitrogens with zero attached hydrogens (tertiary/aromatic N) is 2. The summed E-state index contributed by atoms with van der Waals surface area (Å²) < 4.78 is 57.1. The summed E-state index contributed by atoms with van der Waals surface area (Å²) in [5.74, 6) is -2.20. The van der Waals surface area contributed by atoms with Crippen molar-refractivity contribution in [2.75, 3.05) is 6.54 Å². The lowest BCUT2D eigenvalue weighted by Crippen LogP contribution is -2.27. The third-order valence-corrected chi connectivity index (χ3v) is 5.14. The molecule has 31 heavy (non-hydrogen) atoms. The Morgan fingerprint density at radius 3 is 2.58 bits per heavy atom. The van der Waals surface area contributed by atoms with Crippen molar-refractivity contribution in [1.29, 1.82) is 0 Å². The molecule has 2 aromatic carbocycles. The van der Waals surface area contributed by atoms with E-state index in [1.165, 1.54) is 22.9 Å². The zero-order valence-corrected chi connectivity index (χ0v) is 16.4. The molecule has 162 valence electrons. The summed E-state index contributed by atoms with van der Waals surface area (Å²) in [4.78, 5) is 12.7. The predicted molar refractivity (Wildman–Crippen MR) is 105 cm³/mol. The highest BCUT2D eigenvalue weighted by molar-refractivity contribution is 5.94. The van der Waals surface area contributed by atoms with Gasteiger partial charge in [-0.3, -0.25) is 4.79 Å². The number of carbonyl (C=O) groups excluding carboxylic acids is 1. The fourth-order valence-corrected chi connectivity index (χ4v) is 3.69. The predicted octanol–water partition coefficient (Wildman–Crippen LogP) is 4.21. The third kappa shape index (κ3) is 4.55. The summed E-state index contributed by atoms with van der Waals surface area (Å²) in [7, 11) is 0. The summed E-state index contributed by atoms with van der Waals surface area (Å²) in [6.07, 6.45) is 2.73. The number of fused-ring (bicyclic) bond motifs is 1. The molecule has 0 saturated heterocycles. The maximum atomic E-state index is 13.7. The quantitative estimate of drug-likeness (QED) is 0.568. The van der Waals surface area contributed by atoms with Crippen LogP contribution in [0.2, 0.25) is 0 Å². The molecule has 0 aliphatic heterocycles. The van der Waals surface area contributed by atoms with Gasteiger partial charge >= 0.3 is 6.61 Å². The monoisotopic (exact) mass is 433 g/mol. The van der Waals surface area contributed by atoms with E-state index >= 15 is 0 Å². The van der Waals surface area contributed by atoms with Gasteiger partial charge in [0.25, 0.3) is 5.91 Å². The normalized spacial score (nSPS) is 12.8. The molecular weight excluding hydrogens is 414 g/mol. The first-order chi connectivity index (χ1) is 14.9. The van der Waals surface area contributed by atoms with E-state index in [9.17, 15) is 22.4 Å². The van der Waals surface area contributed by atoms with Crippen LogP contribution in [0.25, 0.3) is 5.69 Å². The lowest BCUT2D eigenvalue weighted by Gasteiger charge is -2.07. The van der Waals surface area contributed by atoms with Crippen LogP contribution in [-0.2, 0) is 19.3 Å². The van der Waals surface area contributed by atoms with Crippen LogP contribution >= 0.6 is 0 Å². The van der Waals surface area contributed by atoms with Gasteiger partial charge in [0.2, 0.25) is 0 Å². The number of benzene rings is 2. The summed E-state index contributed by atoms with van der Waals surface area (Å²) in [5.41, 5.74) is 3.13. The first kappa shape index (κ1) is 20.9. The fraction of sp³-hybridized carbons (Fsp3) is 0.273. The molecule has 0 saturated carbocycles. The van der Waals surface area contributed by atoms with E-state index in [1.807, 2.05) is 0 Å². The number of hydrogen-bond donors (Lipinski definition) is 1. The van der Waals surface area contributed by atoms with Gasteiger partial charge in [-0.1, -0.05) is 12.1 Å². The van der Waals surface area contributed by atoms with E-state index in [0.717, 1.165) is 35.4 Å². The summed E-state index contributed by atoms with van der Waals surface area (Å²) in [6, 6.07) is 9.71. The Labute approximate surface area is 175 Å². The summed E-state index contributed by atoms with van der Waals surface area (Å²) >= 11 is 0. The largest absolute Gasteiger partial charge is 0.435 e. The van der Waals surface area contributed by atoms with Crippen molar-refractivity contribution in [3.63, 3.8) is 0 Å². The topological polar surface area (TPSA) is 56.1 Å². The van der Waals surface area contributed by atoms with E-state index in [2.05, 4.69) is 15.2 Å². The van der Waals surface area contributed by atoms with Gasteiger partial charge in [-0.25, -0.2) is 13.5 Å². The van der Waals surface area contributed by atoms with Crippen LogP contribution in [0.15, 0.2) is 42.5 Å². The van der Waals surface area contributed by atoms with E-state index in [1.54, 1.807) is 12.1 Å². The zero-order chi connectivity index (χ0) is 22.0. The van der Waals surface area contributed by atoms with Gasteiger partial charge < -0.3 is 10.1 Å². The highest BCUT2D eigenvalue weighted by Gasteiger charge is 2.27. The van der Waals surface area contributed by atoms with Gasteiger partial charge in [-0.2, -0.15) is 13.9 Å². The van der Waals surface area contributed by atoms with Gasteiger partial charge in [-0.05, 0) is 55.5 Å². The standard InChI is InChI=1S/C22H19F4N3O2/c23-17-9-6-14(12-18(17)24)29-19-3-1-2-16(19)20(28-29)21(30)27-11-10-13-4-7-15(8-5-13)31-22(25)26/h4-9,12,22H,1-3,10-11H2,(H,27,30). The highest BCUT2D eigenvalue weighted by atomic mass is 19.3. The zero-order valence-electron chi connectivity index (χ0n) is 16.4. The van der Waals surface area contributed by atoms with E-state index in [-0.39, 0.29) is 17.4 Å². The number of halogens is 4. The Hall–Kier alpha value is -3.36. The van der Waals surface area contributed by atoms with Gasteiger partial charge in [0, 0.05) is 23.9 Å². The summed E-state index contributed by atoms with van der Waals surface area (Å²) in [5, 5.41) is 7.17. The van der Waals surface area contributed by atoms with Gasteiger partial charge in [-0.15, -0.1) is 0 Å². The van der Waals surface area contributed by atoms with Crippen LogP contribution in [0.3, 0.4) is 0 Å². The van der Waals surface area contributed by atoms with Crippen molar-refractivity contribution in [1.82, 2.24) is 15.1 Å². The van der Waals surface area contributed by atoms with Crippen LogP contribution < -0.4 is 10.1 Å². The molecule has 1 aliphatic rings. The van der Waals surface area contributed by atoms with Crippen molar-refractivity contribution in [2.24, 2.45) is 0 Å².